The van der Waals surface area contributed by atoms with E-state index in [-0.39, 0.29) is 0 Å². The molecule has 3 nitrogen and oxygen atoms in total. The van der Waals surface area contributed by atoms with Crippen molar-refractivity contribution in [3.63, 3.8) is 0 Å². The molecule has 9 rings (SSSR count). The van der Waals surface area contributed by atoms with Crippen LogP contribution < -0.4 is 0 Å². The third kappa shape index (κ3) is 5.05. The van der Waals surface area contributed by atoms with Crippen LogP contribution in [0, 0.1) is 0 Å². The molecule has 0 N–H and O–H groups in total. The van der Waals surface area contributed by atoms with E-state index in [1.54, 1.807) is 0 Å². The standard InChI is InChI=1S/C43H27N3S/c1-3-11-28(12-4-1)35-26-37(40-36-17-9-10-18-38(36)47-39(40)27-35)43-45-41(31-14-5-2-6-15-31)44-42(46-43)32-22-19-30(20-23-32)34-24-21-29-13-7-8-16-33(29)25-34/h1-27H. The summed E-state index contributed by atoms with van der Waals surface area (Å²) in [5, 5.41) is 4.86. The Morgan fingerprint density at radius 1 is 0.340 bits per heavy atom. The molecule has 0 aliphatic rings. The van der Waals surface area contributed by atoms with Crippen molar-refractivity contribution in [2.24, 2.45) is 0 Å². The molecule has 0 saturated heterocycles. The Labute approximate surface area is 276 Å². The van der Waals surface area contributed by atoms with E-state index in [0.717, 1.165) is 33.4 Å². The molecule has 0 amide bonds. The molecule has 0 radical (unpaired) electrons. The first-order valence-corrected chi connectivity index (χ1v) is 16.5. The zero-order chi connectivity index (χ0) is 31.2. The van der Waals surface area contributed by atoms with Gasteiger partial charge in [-0.2, -0.15) is 0 Å². The number of hydrogen-bond acceptors (Lipinski definition) is 4. The Morgan fingerprint density at radius 2 is 0.894 bits per heavy atom. The van der Waals surface area contributed by atoms with Crippen LogP contribution in [-0.2, 0) is 0 Å². The van der Waals surface area contributed by atoms with Crippen molar-refractivity contribution < 1.29 is 0 Å². The van der Waals surface area contributed by atoms with Crippen molar-refractivity contribution in [1.82, 2.24) is 15.0 Å². The molecule has 2 aromatic heterocycles. The largest absolute Gasteiger partial charge is 0.208 e. The van der Waals surface area contributed by atoms with Gasteiger partial charge in [0.2, 0.25) is 0 Å². The number of benzene rings is 7. The van der Waals surface area contributed by atoms with E-state index in [2.05, 4.69) is 146 Å². The van der Waals surface area contributed by atoms with Gasteiger partial charge < -0.3 is 0 Å². The average molecular weight is 618 g/mol. The van der Waals surface area contributed by atoms with Crippen LogP contribution in [-0.4, -0.2) is 15.0 Å². The zero-order valence-corrected chi connectivity index (χ0v) is 26.2. The highest BCUT2D eigenvalue weighted by molar-refractivity contribution is 7.26. The van der Waals surface area contributed by atoms with E-state index in [9.17, 15) is 0 Å². The number of aromatic nitrogens is 3. The first-order chi connectivity index (χ1) is 23.3. The molecule has 0 aliphatic heterocycles. The Bertz CT molecular complexity index is 2550. The van der Waals surface area contributed by atoms with Gasteiger partial charge in [-0.25, -0.2) is 15.0 Å². The molecule has 0 fully saturated rings. The van der Waals surface area contributed by atoms with Gasteiger partial charge in [0.05, 0.1) is 0 Å². The molecule has 7 aromatic carbocycles. The predicted octanol–water partition coefficient (Wildman–Crippen LogP) is 11.7. The fraction of sp³-hybridized carbons (Fsp3) is 0. The molecule has 0 saturated carbocycles. The summed E-state index contributed by atoms with van der Waals surface area (Å²) in [5.41, 5.74) is 7.54. The van der Waals surface area contributed by atoms with Crippen molar-refractivity contribution >= 4 is 42.3 Å². The van der Waals surface area contributed by atoms with Gasteiger partial charge >= 0.3 is 0 Å². The van der Waals surface area contributed by atoms with Crippen LogP contribution in [0.25, 0.3) is 87.4 Å². The van der Waals surface area contributed by atoms with Gasteiger partial charge in [-0.3, -0.25) is 0 Å². The highest BCUT2D eigenvalue weighted by Gasteiger charge is 2.19. The fourth-order valence-corrected chi connectivity index (χ4v) is 7.52. The first kappa shape index (κ1) is 27.3. The maximum atomic E-state index is 5.20. The van der Waals surface area contributed by atoms with Gasteiger partial charge in [0.1, 0.15) is 0 Å². The second kappa shape index (κ2) is 11.4. The highest BCUT2D eigenvalue weighted by atomic mass is 32.1. The van der Waals surface area contributed by atoms with E-state index >= 15 is 0 Å². The zero-order valence-electron chi connectivity index (χ0n) is 25.3. The van der Waals surface area contributed by atoms with Gasteiger partial charge in [0.25, 0.3) is 0 Å². The molecule has 0 unspecified atom stereocenters. The summed E-state index contributed by atoms with van der Waals surface area (Å²) >= 11 is 1.81. The summed E-state index contributed by atoms with van der Waals surface area (Å²) in [7, 11) is 0. The van der Waals surface area contributed by atoms with Crippen LogP contribution in [0.3, 0.4) is 0 Å². The molecule has 2 heterocycles. The van der Waals surface area contributed by atoms with E-state index in [1.165, 1.54) is 36.5 Å². The van der Waals surface area contributed by atoms with Crippen LogP contribution in [0.2, 0.25) is 0 Å². The minimum Gasteiger partial charge on any atom is -0.208 e. The summed E-state index contributed by atoms with van der Waals surface area (Å²) in [6, 6.07) is 57.5. The Hall–Kier alpha value is -5.97. The molecular formula is C43H27N3S. The maximum Gasteiger partial charge on any atom is 0.164 e. The number of nitrogens with zero attached hydrogens (tertiary/aromatic N) is 3. The van der Waals surface area contributed by atoms with Crippen molar-refractivity contribution in [2.45, 2.75) is 0 Å². The monoisotopic (exact) mass is 617 g/mol. The molecular weight excluding hydrogens is 591 g/mol. The SMILES string of the molecule is c1ccc(-c2cc(-c3nc(-c4ccccc4)nc(-c4ccc(-c5ccc6ccccc6c5)cc4)n3)c3c(c2)sc2ccccc23)cc1. The van der Waals surface area contributed by atoms with Crippen molar-refractivity contribution in [3.05, 3.63) is 164 Å². The van der Waals surface area contributed by atoms with Crippen LogP contribution in [0.15, 0.2) is 164 Å². The second-order valence-corrected chi connectivity index (χ2v) is 12.8. The lowest BCUT2D eigenvalue weighted by Crippen LogP contribution is -2.00. The topological polar surface area (TPSA) is 38.7 Å². The minimum atomic E-state index is 0.650. The van der Waals surface area contributed by atoms with Crippen LogP contribution in [0.5, 0.6) is 0 Å². The van der Waals surface area contributed by atoms with E-state index in [0.29, 0.717) is 17.5 Å². The molecule has 0 spiro atoms. The molecule has 0 bridgehead atoms. The van der Waals surface area contributed by atoms with Gasteiger partial charge in [0.15, 0.2) is 17.5 Å². The first-order valence-electron chi connectivity index (χ1n) is 15.7. The lowest BCUT2D eigenvalue weighted by molar-refractivity contribution is 1.08. The van der Waals surface area contributed by atoms with Gasteiger partial charge in [-0.05, 0) is 57.3 Å². The van der Waals surface area contributed by atoms with Gasteiger partial charge in [-0.1, -0.05) is 140 Å². The van der Waals surface area contributed by atoms with Crippen molar-refractivity contribution in [2.75, 3.05) is 0 Å². The number of rotatable bonds is 5. The Morgan fingerprint density at radius 3 is 1.66 bits per heavy atom. The van der Waals surface area contributed by atoms with Gasteiger partial charge in [-0.15, -0.1) is 11.3 Å². The molecule has 220 valence electrons. The summed E-state index contributed by atoms with van der Waals surface area (Å²) in [6.07, 6.45) is 0. The molecule has 0 atom stereocenters. The summed E-state index contributed by atoms with van der Waals surface area (Å²) in [5.74, 6) is 1.97. The third-order valence-electron chi connectivity index (χ3n) is 8.72. The molecule has 9 aromatic rings. The summed E-state index contributed by atoms with van der Waals surface area (Å²) in [6.45, 7) is 0. The lowest BCUT2D eigenvalue weighted by Gasteiger charge is -2.12. The second-order valence-electron chi connectivity index (χ2n) is 11.7. The summed E-state index contributed by atoms with van der Waals surface area (Å²) < 4.78 is 2.46. The molecule has 4 heteroatoms. The fourth-order valence-electron chi connectivity index (χ4n) is 6.35. The average Bonchev–Trinajstić information content (AvgIpc) is 3.53. The Balaban J connectivity index is 1.24. The van der Waals surface area contributed by atoms with Crippen molar-refractivity contribution in [3.8, 4) is 56.4 Å². The van der Waals surface area contributed by atoms with Crippen LogP contribution in [0.4, 0.5) is 0 Å². The normalized spacial score (nSPS) is 11.4. The third-order valence-corrected chi connectivity index (χ3v) is 9.84. The number of fused-ring (bicyclic) bond motifs is 4. The van der Waals surface area contributed by atoms with E-state index < -0.39 is 0 Å². The quantitative estimate of drug-likeness (QED) is 0.193. The maximum absolute atomic E-state index is 5.20. The van der Waals surface area contributed by atoms with Crippen molar-refractivity contribution in [1.29, 1.82) is 0 Å². The minimum absolute atomic E-state index is 0.650. The van der Waals surface area contributed by atoms with Gasteiger partial charge in [0, 0.05) is 36.9 Å². The predicted molar refractivity (Wildman–Crippen MR) is 197 cm³/mol. The number of hydrogen-bond donors (Lipinski definition) is 0. The Kier molecular flexibility index (Phi) is 6.65. The van der Waals surface area contributed by atoms with E-state index in [1.807, 2.05) is 29.5 Å². The molecule has 0 aliphatic carbocycles. The molecule has 47 heavy (non-hydrogen) atoms. The summed E-state index contributed by atoms with van der Waals surface area (Å²) in [4.78, 5) is 15.4. The van der Waals surface area contributed by atoms with Crippen LogP contribution >= 0.6 is 11.3 Å². The number of thiophene rings is 1. The smallest absolute Gasteiger partial charge is 0.164 e. The lowest BCUT2D eigenvalue weighted by atomic mass is 9.98. The van der Waals surface area contributed by atoms with E-state index in [4.69, 9.17) is 15.0 Å². The highest BCUT2D eigenvalue weighted by Crippen LogP contribution is 2.42. The van der Waals surface area contributed by atoms with Crippen LogP contribution in [0.1, 0.15) is 0 Å².